The van der Waals surface area contributed by atoms with Crippen molar-refractivity contribution in [1.82, 2.24) is 9.88 Å². The van der Waals surface area contributed by atoms with Gasteiger partial charge in [-0.25, -0.2) is 22.0 Å². The molecule has 1 aromatic heterocycles. The van der Waals surface area contributed by atoms with Crippen molar-refractivity contribution in [1.29, 1.82) is 0 Å². The van der Waals surface area contributed by atoms with E-state index in [0.717, 1.165) is 18.4 Å². The van der Waals surface area contributed by atoms with Crippen LogP contribution in [0.25, 0.3) is 22.2 Å². The van der Waals surface area contributed by atoms with Crippen molar-refractivity contribution >= 4 is 20.9 Å². The summed E-state index contributed by atoms with van der Waals surface area (Å²) in [6, 6.07) is 8.05. The smallest absolute Gasteiger partial charge is 0.408 e. The van der Waals surface area contributed by atoms with Gasteiger partial charge in [0.25, 0.3) is 0 Å². The first-order valence-corrected chi connectivity index (χ1v) is 10.3. The molecule has 0 aliphatic carbocycles. The summed E-state index contributed by atoms with van der Waals surface area (Å²) in [5.74, 6) is -1.93. The predicted molar refractivity (Wildman–Crippen MR) is 98.4 cm³/mol. The first-order valence-electron chi connectivity index (χ1n) is 8.22. The second-order valence-corrected chi connectivity index (χ2v) is 8.47. The summed E-state index contributed by atoms with van der Waals surface area (Å²) in [6.07, 6.45) is 1.15. The summed E-state index contributed by atoms with van der Waals surface area (Å²) in [5.41, 5.74) is 1.53. The van der Waals surface area contributed by atoms with Crippen LogP contribution in [0.1, 0.15) is 0 Å². The lowest BCUT2D eigenvalue weighted by atomic mass is 10.0. The Kier molecular flexibility index (Phi) is 5.43. The summed E-state index contributed by atoms with van der Waals surface area (Å²) in [5, 5.41) is 2.95. The predicted octanol–water partition coefficient (Wildman–Crippen LogP) is 2.17. The van der Waals surface area contributed by atoms with Gasteiger partial charge in [0.1, 0.15) is 21.5 Å². The highest BCUT2D eigenvalue weighted by Gasteiger charge is 2.13. The molecule has 2 aromatic carbocycles. The molecule has 144 valence electrons. The van der Waals surface area contributed by atoms with E-state index in [2.05, 4.69) is 5.32 Å². The number of fused-ring (bicyclic) bond motifs is 1. The monoisotopic (exact) mass is 396 g/mol. The van der Waals surface area contributed by atoms with E-state index in [1.165, 1.54) is 10.6 Å². The Morgan fingerprint density at radius 3 is 2.59 bits per heavy atom. The average molecular weight is 396 g/mol. The minimum atomic E-state index is -3.06. The van der Waals surface area contributed by atoms with Crippen LogP contribution in [0, 0.1) is 11.6 Å². The Hall–Kier alpha value is -2.52. The summed E-state index contributed by atoms with van der Waals surface area (Å²) in [6.45, 7) is 0.888. The Morgan fingerprint density at radius 1 is 1.11 bits per heavy atom. The normalized spacial score (nSPS) is 12.0. The SMILES string of the molecule is CS(=O)(=O)CCNCCn1c(=O)oc2ccc(-c3ccc(F)cc3F)cc21. The Bertz CT molecular complexity index is 1140. The first-order chi connectivity index (χ1) is 12.7. The number of oxazole rings is 1. The van der Waals surface area contributed by atoms with Crippen LogP contribution in [-0.4, -0.2) is 38.1 Å². The van der Waals surface area contributed by atoms with Gasteiger partial charge in [-0.15, -0.1) is 0 Å². The molecule has 3 rings (SSSR count). The number of rotatable bonds is 7. The van der Waals surface area contributed by atoms with E-state index in [9.17, 15) is 22.0 Å². The van der Waals surface area contributed by atoms with Crippen molar-refractivity contribution in [3.05, 3.63) is 58.6 Å². The largest absolute Gasteiger partial charge is 0.419 e. The summed E-state index contributed by atoms with van der Waals surface area (Å²) in [4.78, 5) is 12.1. The van der Waals surface area contributed by atoms with Crippen LogP contribution in [0.3, 0.4) is 0 Å². The number of aromatic nitrogens is 1. The lowest BCUT2D eigenvalue weighted by molar-refractivity contribution is 0.496. The van der Waals surface area contributed by atoms with Crippen molar-refractivity contribution in [2.45, 2.75) is 6.54 Å². The molecule has 0 amide bonds. The van der Waals surface area contributed by atoms with Crippen molar-refractivity contribution in [3.63, 3.8) is 0 Å². The zero-order valence-corrected chi connectivity index (χ0v) is 15.4. The molecule has 0 saturated heterocycles. The van der Waals surface area contributed by atoms with Gasteiger partial charge < -0.3 is 9.73 Å². The molecular weight excluding hydrogens is 378 g/mol. The highest BCUT2D eigenvalue weighted by atomic mass is 32.2. The molecule has 1 N–H and O–H groups in total. The molecule has 0 aliphatic rings. The number of hydrogen-bond donors (Lipinski definition) is 1. The minimum absolute atomic E-state index is 0.00201. The van der Waals surface area contributed by atoms with E-state index in [4.69, 9.17) is 4.42 Å². The standard InChI is InChI=1S/C18H18F2N2O4S/c1-27(24,25)9-7-21-6-8-22-16-10-12(2-5-17(16)26-18(22)23)14-4-3-13(19)11-15(14)20/h2-5,10-11,21H,6-9H2,1H3. The maximum atomic E-state index is 14.0. The highest BCUT2D eigenvalue weighted by Crippen LogP contribution is 2.26. The van der Waals surface area contributed by atoms with Crippen molar-refractivity contribution < 1.29 is 21.6 Å². The Morgan fingerprint density at radius 2 is 1.89 bits per heavy atom. The summed E-state index contributed by atoms with van der Waals surface area (Å²) >= 11 is 0. The summed E-state index contributed by atoms with van der Waals surface area (Å²) < 4.78 is 55.9. The van der Waals surface area contributed by atoms with E-state index in [1.807, 2.05) is 0 Å². The molecule has 0 fully saturated rings. The highest BCUT2D eigenvalue weighted by molar-refractivity contribution is 7.90. The average Bonchev–Trinajstić information content (AvgIpc) is 2.88. The zero-order chi connectivity index (χ0) is 19.6. The molecule has 0 aliphatic heterocycles. The van der Waals surface area contributed by atoms with E-state index in [0.29, 0.717) is 23.2 Å². The van der Waals surface area contributed by atoms with E-state index in [-0.39, 0.29) is 24.4 Å². The molecule has 6 nitrogen and oxygen atoms in total. The first kappa shape index (κ1) is 19.2. The van der Waals surface area contributed by atoms with Crippen molar-refractivity contribution in [2.75, 3.05) is 25.1 Å². The molecule has 0 bridgehead atoms. The lowest BCUT2D eigenvalue weighted by Crippen LogP contribution is -2.28. The number of nitrogens with zero attached hydrogens (tertiary/aromatic N) is 1. The summed E-state index contributed by atoms with van der Waals surface area (Å²) in [7, 11) is -3.06. The van der Waals surface area contributed by atoms with E-state index < -0.39 is 27.2 Å². The van der Waals surface area contributed by atoms with Crippen LogP contribution in [0.2, 0.25) is 0 Å². The number of hydrogen-bond acceptors (Lipinski definition) is 5. The number of benzene rings is 2. The third-order valence-electron chi connectivity index (χ3n) is 4.07. The van der Waals surface area contributed by atoms with Gasteiger partial charge in [0.2, 0.25) is 0 Å². The van der Waals surface area contributed by atoms with Gasteiger partial charge >= 0.3 is 5.76 Å². The Labute approximate surface area is 154 Å². The number of nitrogens with one attached hydrogen (secondary N) is 1. The van der Waals surface area contributed by atoms with Crippen LogP contribution in [-0.2, 0) is 16.4 Å². The minimum Gasteiger partial charge on any atom is -0.408 e. The van der Waals surface area contributed by atoms with Gasteiger partial charge in [0.05, 0.1) is 11.3 Å². The van der Waals surface area contributed by atoms with E-state index in [1.54, 1.807) is 18.2 Å². The van der Waals surface area contributed by atoms with Gasteiger partial charge in [-0.3, -0.25) is 4.57 Å². The maximum absolute atomic E-state index is 14.0. The van der Waals surface area contributed by atoms with Gasteiger partial charge in [0, 0.05) is 37.5 Å². The zero-order valence-electron chi connectivity index (χ0n) is 14.5. The second kappa shape index (κ2) is 7.61. The van der Waals surface area contributed by atoms with Crippen molar-refractivity contribution in [3.8, 4) is 11.1 Å². The van der Waals surface area contributed by atoms with Gasteiger partial charge in [-0.1, -0.05) is 6.07 Å². The fourth-order valence-electron chi connectivity index (χ4n) is 2.74. The van der Waals surface area contributed by atoms with Crippen molar-refractivity contribution in [2.24, 2.45) is 0 Å². The number of sulfone groups is 1. The van der Waals surface area contributed by atoms with Crippen LogP contribution >= 0.6 is 0 Å². The molecule has 0 spiro atoms. The fourth-order valence-corrected chi connectivity index (χ4v) is 3.25. The maximum Gasteiger partial charge on any atom is 0.419 e. The fraction of sp³-hybridized carbons (Fsp3) is 0.278. The Balaban J connectivity index is 1.83. The van der Waals surface area contributed by atoms with E-state index >= 15 is 0 Å². The molecule has 3 aromatic rings. The van der Waals surface area contributed by atoms with Gasteiger partial charge in [-0.05, 0) is 29.8 Å². The lowest BCUT2D eigenvalue weighted by Gasteiger charge is -2.07. The molecule has 0 radical (unpaired) electrons. The molecule has 0 atom stereocenters. The van der Waals surface area contributed by atoms with Gasteiger partial charge in [0.15, 0.2) is 5.58 Å². The second-order valence-electron chi connectivity index (χ2n) is 6.21. The third kappa shape index (κ3) is 4.61. The molecule has 27 heavy (non-hydrogen) atoms. The van der Waals surface area contributed by atoms with Crippen LogP contribution in [0.15, 0.2) is 45.6 Å². The quantitative estimate of drug-likeness (QED) is 0.619. The third-order valence-corrected chi connectivity index (χ3v) is 5.02. The molecule has 0 saturated carbocycles. The van der Waals surface area contributed by atoms with Gasteiger partial charge in [-0.2, -0.15) is 0 Å². The van der Waals surface area contributed by atoms with Crippen LogP contribution in [0.5, 0.6) is 0 Å². The molecule has 0 unspecified atom stereocenters. The molecular formula is C18H18F2N2O4S. The van der Waals surface area contributed by atoms with Crippen LogP contribution in [0.4, 0.5) is 8.78 Å². The topological polar surface area (TPSA) is 81.3 Å². The number of halogens is 2. The molecule has 1 heterocycles. The molecule has 9 heteroatoms. The van der Waals surface area contributed by atoms with Crippen LogP contribution < -0.4 is 11.1 Å².